The van der Waals surface area contributed by atoms with Crippen molar-refractivity contribution < 1.29 is 10.2 Å². The highest BCUT2D eigenvalue weighted by Gasteiger charge is 2.69. The molecule has 1 aromatic carbocycles. The molecule has 6 bridgehead atoms. The molecule has 1 spiro atoms. The first-order chi connectivity index (χ1) is 21.1. The van der Waals surface area contributed by atoms with E-state index in [2.05, 4.69) is 68.3 Å². The smallest absolute Gasteiger partial charge is 0.107 e. The first kappa shape index (κ1) is 28.5. The second-order valence-corrected chi connectivity index (χ2v) is 14.9. The van der Waals surface area contributed by atoms with Crippen LogP contribution < -0.4 is 0 Å². The van der Waals surface area contributed by atoms with E-state index in [0.29, 0.717) is 12.3 Å². The maximum Gasteiger partial charge on any atom is 0.107 e. The van der Waals surface area contributed by atoms with Crippen LogP contribution >= 0.6 is 0 Å². The number of rotatable bonds is 0. The average molecular weight is 585 g/mol. The Labute approximate surface area is 257 Å². The van der Waals surface area contributed by atoms with Gasteiger partial charge in [-0.1, -0.05) is 42.5 Å². The van der Waals surface area contributed by atoms with Gasteiger partial charge >= 0.3 is 0 Å². The molecule has 0 amide bonds. The third-order valence-electron chi connectivity index (χ3n) is 12.6. The van der Waals surface area contributed by atoms with E-state index in [9.17, 15) is 10.2 Å². The molecule has 1 aromatic heterocycles. The number of aromatic amines is 1. The minimum absolute atomic E-state index is 0.000813. The maximum atomic E-state index is 13.3. The standard InChI is InChI=1S/C37H52N4O2/c42-34-31-29-18-23-39-21-13-7-3-2-6-12-20-37(34,43)35-36(29,25-39)19-11-5-1-4-8-14-22-41(35)26-40-24-17-28-27-15-9-10-16-30(27)38-32(28)33(31)40/h1-2,5-6,9-10,15-16,29,31,33-35,38,42-43H,3-4,7-8,11-14,17-26H2/b5-1-,6-2-/t29-,31+,33+,34-,35?,36-,37-/m0/s1. The van der Waals surface area contributed by atoms with Gasteiger partial charge in [0.15, 0.2) is 0 Å². The number of H-pyrrole nitrogens is 1. The van der Waals surface area contributed by atoms with Gasteiger partial charge in [0.2, 0.25) is 0 Å². The normalized spacial score (nSPS) is 43.5. The molecule has 6 nitrogen and oxygen atoms in total. The average Bonchev–Trinajstić information content (AvgIpc) is 3.36. The lowest BCUT2D eigenvalue weighted by Crippen LogP contribution is -2.80. The van der Waals surface area contributed by atoms with Gasteiger partial charge in [0.1, 0.15) is 5.60 Å². The minimum atomic E-state index is -1.14. The van der Waals surface area contributed by atoms with Crippen LogP contribution in [0.3, 0.4) is 0 Å². The van der Waals surface area contributed by atoms with Gasteiger partial charge in [0.25, 0.3) is 0 Å². The second kappa shape index (κ2) is 11.4. The third-order valence-corrected chi connectivity index (χ3v) is 12.6. The lowest BCUT2D eigenvalue weighted by molar-refractivity contribution is -0.283. The molecular formula is C37H52N4O2. The summed E-state index contributed by atoms with van der Waals surface area (Å²) in [7, 11) is 0. The van der Waals surface area contributed by atoms with E-state index in [1.807, 2.05) is 0 Å². The van der Waals surface area contributed by atoms with E-state index in [1.54, 1.807) is 0 Å². The van der Waals surface area contributed by atoms with E-state index >= 15 is 0 Å². The van der Waals surface area contributed by atoms with Crippen LogP contribution in [-0.4, -0.2) is 87.0 Å². The Bertz CT molecular complexity index is 1370. The summed E-state index contributed by atoms with van der Waals surface area (Å²) in [6.45, 7) is 6.20. The number of nitrogens with zero attached hydrogens (tertiary/aromatic N) is 3. The molecule has 4 fully saturated rings. The zero-order valence-corrected chi connectivity index (χ0v) is 26.0. The van der Waals surface area contributed by atoms with Gasteiger partial charge in [0.05, 0.1) is 18.8 Å². The maximum absolute atomic E-state index is 13.3. The molecule has 3 N–H and O–H groups in total. The summed E-state index contributed by atoms with van der Waals surface area (Å²) in [5, 5.41) is 27.4. The molecule has 0 radical (unpaired) electrons. The predicted octanol–water partition coefficient (Wildman–Crippen LogP) is 5.78. The van der Waals surface area contributed by atoms with Crippen molar-refractivity contribution >= 4 is 10.9 Å². The largest absolute Gasteiger partial charge is 0.390 e. The number of piperidine rings is 1. The number of hydrogen-bond acceptors (Lipinski definition) is 5. The molecule has 1 aliphatic carbocycles. The number of allylic oxidation sites excluding steroid dienone is 4. The third kappa shape index (κ3) is 4.62. The van der Waals surface area contributed by atoms with Crippen LogP contribution in [0.2, 0.25) is 0 Å². The summed E-state index contributed by atoms with van der Waals surface area (Å²) in [5.74, 6) is 0.368. The van der Waals surface area contributed by atoms with Crippen LogP contribution in [0.5, 0.6) is 0 Å². The van der Waals surface area contributed by atoms with Gasteiger partial charge in [-0.15, -0.1) is 0 Å². The number of hydrogen-bond donors (Lipinski definition) is 3. The fourth-order valence-electron chi connectivity index (χ4n) is 11.0. The van der Waals surface area contributed by atoms with E-state index in [0.717, 1.165) is 90.8 Å². The number of aliphatic hydroxyl groups is 2. The molecule has 9 rings (SSSR count). The molecule has 7 heterocycles. The van der Waals surface area contributed by atoms with Crippen molar-refractivity contribution in [2.45, 2.75) is 101 Å². The first-order valence-electron chi connectivity index (χ1n) is 17.6. The summed E-state index contributed by atoms with van der Waals surface area (Å²) < 4.78 is 0. The van der Waals surface area contributed by atoms with Gasteiger partial charge in [-0.3, -0.25) is 9.80 Å². The van der Waals surface area contributed by atoms with Crippen LogP contribution in [0.15, 0.2) is 48.6 Å². The topological polar surface area (TPSA) is 66.0 Å². The molecule has 6 aliphatic heterocycles. The Hall–Kier alpha value is -1.96. The van der Waals surface area contributed by atoms with E-state index in [4.69, 9.17) is 0 Å². The van der Waals surface area contributed by atoms with Gasteiger partial charge in [-0.2, -0.15) is 0 Å². The molecule has 2 aromatic rings. The van der Waals surface area contributed by atoms with Crippen molar-refractivity contribution in [2.24, 2.45) is 17.3 Å². The van der Waals surface area contributed by atoms with Gasteiger partial charge in [-0.05, 0) is 114 Å². The quantitative estimate of drug-likeness (QED) is 0.343. The van der Waals surface area contributed by atoms with Crippen molar-refractivity contribution in [3.05, 3.63) is 59.8 Å². The number of nitrogens with one attached hydrogen (secondary N) is 1. The molecule has 6 heteroatoms. The zero-order valence-electron chi connectivity index (χ0n) is 26.0. The zero-order chi connectivity index (χ0) is 29.0. The molecule has 3 saturated heterocycles. The minimum Gasteiger partial charge on any atom is -0.390 e. The van der Waals surface area contributed by atoms with Crippen LogP contribution in [-0.2, 0) is 6.42 Å². The molecule has 9 atom stereocenters. The number of aromatic nitrogens is 1. The van der Waals surface area contributed by atoms with Gasteiger partial charge in [0, 0.05) is 47.1 Å². The Balaban J connectivity index is 1.35. The molecule has 43 heavy (non-hydrogen) atoms. The lowest BCUT2D eigenvalue weighted by atomic mass is 9.46. The Morgan fingerprint density at radius 1 is 0.814 bits per heavy atom. The SMILES string of the molecule is O[C@H]1[C@H]2[C@@H]3c4[nH]c5ccccc5c4CCN3CN3CCCC/C=C\CC[C@@]45CN(CCCC/C=C\CC[C@@]1(O)C34)CC[C@@H]25. The van der Waals surface area contributed by atoms with Crippen molar-refractivity contribution in [3.8, 4) is 0 Å². The molecule has 232 valence electrons. The summed E-state index contributed by atoms with van der Waals surface area (Å²) in [5.41, 5.74) is 2.78. The number of benzene rings is 1. The molecule has 1 saturated carbocycles. The molecular weight excluding hydrogens is 532 g/mol. The Kier molecular flexibility index (Phi) is 7.58. The summed E-state index contributed by atoms with van der Waals surface area (Å²) in [6.07, 6.45) is 21.6. The van der Waals surface area contributed by atoms with Crippen molar-refractivity contribution in [1.82, 2.24) is 19.7 Å². The van der Waals surface area contributed by atoms with Crippen molar-refractivity contribution in [3.63, 3.8) is 0 Å². The van der Waals surface area contributed by atoms with Gasteiger partial charge in [-0.25, -0.2) is 0 Å². The first-order valence-corrected chi connectivity index (χ1v) is 17.6. The molecule has 7 aliphatic rings. The van der Waals surface area contributed by atoms with E-state index < -0.39 is 11.7 Å². The van der Waals surface area contributed by atoms with Crippen LogP contribution in [0.1, 0.15) is 87.9 Å². The highest BCUT2D eigenvalue weighted by Crippen LogP contribution is 2.63. The monoisotopic (exact) mass is 584 g/mol. The van der Waals surface area contributed by atoms with Crippen molar-refractivity contribution in [2.75, 3.05) is 39.4 Å². The van der Waals surface area contributed by atoms with Gasteiger partial charge < -0.3 is 20.1 Å². The number of aliphatic hydroxyl groups excluding tert-OH is 1. The fraction of sp³-hybridized carbons (Fsp3) is 0.676. The molecule has 3 unspecified atom stereocenters. The highest BCUT2D eigenvalue weighted by atomic mass is 16.3. The Morgan fingerprint density at radius 3 is 2.44 bits per heavy atom. The van der Waals surface area contributed by atoms with Crippen LogP contribution in [0.4, 0.5) is 0 Å². The highest BCUT2D eigenvalue weighted by molar-refractivity contribution is 5.85. The summed E-state index contributed by atoms with van der Waals surface area (Å²) in [4.78, 5) is 12.1. The van der Waals surface area contributed by atoms with Crippen LogP contribution in [0.25, 0.3) is 10.9 Å². The lowest BCUT2D eigenvalue weighted by Gasteiger charge is -2.70. The summed E-state index contributed by atoms with van der Waals surface area (Å²) in [6, 6.07) is 8.84. The second-order valence-electron chi connectivity index (χ2n) is 14.9. The van der Waals surface area contributed by atoms with Crippen molar-refractivity contribution in [1.29, 1.82) is 0 Å². The number of para-hydroxylation sites is 1. The van der Waals surface area contributed by atoms with Crippen LogP contribution in [0, 0.1) is 17.3 Å². The van der Waals surface area contributed by atoms with E-state index in [1.165, 1.54) is 41.4 Å². The summed E-state index contributed by atoms with van der Waals surface area (Å²) >= 11 is 0. The fourth-order valence-corrected chi connectivity index (χ4v) is 11.0. The number of fused-ring (bicyclic) bond motifs is 4. The van der Waals surface area contributed by atoms with E-state index in [-0.39, 0.29) is 23.4 Å². The Morgan fingerprint density at radius 2 is 1.58 bits per heavy atom. The predicted molar refractivity (Wildman–Crippen MR) is 173 cm³/mol.